The summed E-state index contributed by atoms with van der Waals surface area (Å²) in [4.78, 5) is 16.1. The predicted octanol–water partition coefficient (Wildman–Crippen LogP) is 2.76. The van der Waals surface area contributed by atoms with Crippen molar-refractivity contribution in [2.75, 3.05) is 12.4 Å². The monoisotopic (exact) mass is 283 g/mol. The largest absolute Gasteiger partial charge is 0.496 e. The molecule has 7 heteroatoms. The van der Waals surface area contributed by atoms with Crippen LogP contribution in [0.4, 0.5) is 5.13 Å². The van der Waals surface area contributed by atoms with E-state index in [1.807, 2.05) is 0 Å². The molecule has 1 aromatic carbocycles. The van der Waals surface area contributed by atoms with Crippen molar-refractivity contribution in [2.45, 2.75) is 6.92 Å². The van der Waals surface area contributed by atoms with Crippen molar-refractivity contribution in [3.05, 3.63) is 34.6 Å². The van der Waals surface area contributed by atoms with Crippen molar-refractivity contribution in [2.24, 2.45) is 0 Å². The summed E-state index contributed by atoms with van der Waals surface area (Å²) in [6, 6.07) is 4.85. The number of aryl methyl sites for hydroxylation is 1. The van der Waals surface area contributed by atoms with E-state index in [1.165, 1.54) is 7.11 Å². The van der Waals surface area contributed by atoms with Gasteiger partial charge >= 0.3 is 0 Å². The second-order valence-corrected chi connectivity index (χ2v) is 4.63. The van der Waals surface area contributed by atoms with Gasteiger partial charge in [-0.25, -0.2) is 4.98 Å². The molecule has 0 saturated carbocycles. The Morgan fingerprint density at radius 3 is 2.89 bits per heavy atom. The number of benzene rings is 1. The Morgan fingerprint density at radius 2 is 2.28 bits per heavy atom. The highest BCUT2D eigenvalue weighted by atomic mass is 35.5. The third-order valence-electron chi connectivity index (χ3n) is 2.15. The minimum Gasteiger partial charge on any atom is -0.496 e. The molecule has 0 aliphatic carbocycles. The Kier molecular flexibility index (Phi) is 3.78. The van der Waals surface area contributed by atoms with Gasteiger partial charge in [0.25, 0.3) is 5.91 Å². The van der Waals surface area contributed by atoms with E-state index >= 15 is 0 Å². The van der Waals surface area contributed by atoms with E-state index in [0.717, 1.165) is 11.5 Å². The molecular formula is C11H10ClN3O2S. The minimum atomic E-state index is -0.328. The van der Waals surface area contributed by atoms with Crippen molar-refractivity contribution in [3.63, 3.8) is 0 Å². The molecule has 1 amide bonds. The van der Waals surface area contributed by atoms with Gasteiger partial charge in [-0.05, 0) is 25.1 Å². The highest BCUT2D eigenvalue weighted by molar-refractivity contribution is 7.09. The normalized spacial score (nSPS) is 10.2. The summed E-state index contributed by atoms with van der Waals surface area (Å²) in [6.07, 6.45) is 0. The van der Waals surface area contributed by atoms with Gasteiger partial charge in [-0.2, -0.15) is 4.37 Å². The first-order valence-electron chi connectivity index (χ1n) is 5.05. The van der Waals surface area contributed by atoms with Crippen LogP contribution in [-0.4, -0.2) is 22.4 Å². The fourth-order valence-corrected chi connectivity index (χ4v) is 2.11. The Hall–Kier alpha value is -1.66. The number of rotatable bonds is 3. The standard InChI is InChI=1S/C11H10ClN3O2S/c1-6-13-11(18-15-6)14-10(16)8-5-7(12)3-4-9(8)17-2/h3-5H,1-2H3,(H,13,14,15,16). The summed E-state index contributed by atoms with van der Waals surface area (Å²) in [5.41, 5.74) is 0.359. The number of carbonyl (C=O) groups excluding carboxylic acids is 1. The lowest BCUT2D eigenvalue weighted by molar-refractivity contribution is 0.102. The zero-order valence-corrected chi connectivity index (χ0v) is 11.3. The predicted molar refractivity (Wildman–Crippen MR) is 70.6 cm³/mol. The molecule has 0 bridgehead atoms. The zero-order valence-electron chi connectivity index (χ0n) is 9.73. The maximum atomic E-state index is 12.0. The van der Waals surface area contributed by atoms with Crippen molar-refractivity contribution < 1.29 is 9.53 Å². The number of methoxy groups -OCH3 is 1. The van der Waals surface area contributed by atoms with Crippen LogP contribution in [0.25, 0.3) is 0 Å². The highest BCUT2D eigenvalue weighted by Gasteiger charge is 2.14. The average molecular weight is 284 g/mol. The molecule has 0 fully saturated rings. The number of nitrogens with one attached hydrogen (secondary N) is 1. The van der Waals surface area contributed by atoms with E-state index in [2.05, 4.69) is 14.7 Å². The van der Waals surface area contributed by atoms with E-state index in [-0.39, 0.29) is 5.91 Å². The maximum Gasteiger partial charge on any atom is 0.261 e. The van der Waals surface area contributed by atoms with Crippen LogP contribution in [0, 0.1) is 6.92 Å². The van der Waals surface area contributed by atoms with Gasteiger partial charge in [0, 0.05) is 16.6 Å². The van der Waals surface area contributed by atoms with Crippen LogP contribution in [0.5, 0.6) is 5.75 Å². The lowest BCUT2D eigenvalue weighted by atomic mass is 10.2. The van der Waals surface area contributed by atoms with Gasteiger partial charge < -0.3 is 4.74 Å². The summed E-state index contributed by atoms with van der Waals surface area (Å²) in [5, 5.41) is 3.56. The van der Waals surface area contributed by atoms with Gasteiger partial charge in [0.2, 0.25) is 5.13 Å². The number of amides is 1. The first kappa shape index (κ1) is 12.8. The van der Waals surface area contributed by atoms with Crippen molar-refractivity contribution in [1.82, 2.24) is 9.36 Å². The Morgan fingerprint density at radius 1 is 1.50 bits per heavy atom. The second kappa shape index (κ2) is 5.32. The van der Waals surface area contributed by atoms with Crippen molar-refractivity contribution >= 4 is 34.2 Å². The number of hydrogen-bond acceptors (Lipinski definition) is 5. The molecule has 0 radical (unpaired) electrons. The first-order valence-corrected chi connectivity index (χ1v) is 6.20. The van der Waals surface area contributed by atoms with Crippen LogP contribution in [-0.2, 0) is 0 Å². The number of ether oxygens (including phenoxy) is 1. The number of halogens is 1. The third-order valence-corrected chi connectivity index (χ3v) is 3.11. The highest BCUT2D eigenvalue weighted by Crippen LogP contribution is 2.24. The van der Waals surface area contributed by atoms with Gasteiger partial charge in [0.1, 0.15) is 11.6 Å². The molecule has 0 aliphatic heterocycles. The Bertz CT molecular complexity index is 585. The molecule has 0 saturated heterocycles. The summed E-state index contributed by atoms with van der Waals surface area (Å²) in [5.74, 6) is 0.747. The van der Waals surface area contributed by atoms with E-state index < -0.39 is 0 Å². The number of anilines is 1. The van der Waals surface area contributed by atoms with Gasteiger partial charge in [0.15, 0.2) is 0 Å². The molecule has 2 rings (SSSR count). The molecule has 0 unspecified atom stereocenters. The molecule has 1 heterocycles. The van der Waals surface area contributed by atoms with E-state index in [9.17, 15) is 4.79 Å². The smallest absolute Gasteiger partial charge is 0.261 e. The average Bonchev–Trinajstić information content (AvgIpc) is 2.74. The molecule has 2 aromatic rings. The van der Waals surface area contributed by atoms with Crippen LogP contribution in [0.1, 0.15) is 16.2 Å². The SMILES string of the molecule is COc1ccc(Cl)cc1C(=O)Nc1nc(C)ns1. The van der Waals surface area contributed by atoms with Crippen LogP contribution in [0.2, 0.25) is 5.02 Å². The molecule has 1 N–H and O–H groups in total. The molecule has 0 atom stereocenters. The van der Waals surface area contributed by atoms with Gasteiger partial charge in [-0.1, -0.05) is 11.6 Å². The molecule has 18 heavy (non-hydrogen) atoms. The summed E-state index contributed by atoms with van der Waals surface area (Å²) in [7, 11) is 1.50. The third kappa shape index (κ3) is 2.77. The number of nitrogens with zero attached hydrogens (tertiary/aromatic N) is 2. The lowest BCUT2D eigenvalue weighted by Crippen LogP contribution is -2.13. The molecule has 94 valence electrons. The maximum absolute atomic E-state index is 12.0. The van der Waals surface area contributed by atoms with E-state index in [1.54, 1.807) is 25.1 Å². The van der Waals surface area contributed by atoms with Gasteiger partial charge in [-0.15, -0.1) is 0 Å². The van der Waals surface area contributed by atoms with Crippen LogP contribution in [0.15, 0.2) is 18.2 Å². The Balaban J connectivity index is 2.25. The summed E-state index contributed by atoms with van der Waals surface area (Å²) < 4.78 is 9.09. The van der Waals surface area contributed by atoms with E-state index in [4.69, 9.17) is 16.3 Å². The van der Waals surface area contributed by atoms with Crippen molar-refractivity contribution in [3.8, 4) is 5.75 Å². The quantitative estimate of drug-likeness (QED) is 0.941. The van der Waals surface area contributed by atoms with Gasteiger partial charge in [-0.3, -0.25) is 10.1 Å². The molecule has 0 aliphatic rings. The number of hydrogen-bond donors (Lipinski definition) is 1. The Labute approximate surface area is 113 Å². The first-order chi connectivity index (χ1) is 8.60. The fraction of sp³-hybridized carbons (Fsp3) is 0.182. The molecule has 0 spiro atoms. The van der Waals surface area contributed by atoms with Crippen molar-refractivity contribution in [1.29, 1.82) is 0 Å². The van der Waals surface area contributed by atoms with Crippen LogP contribution in [0.3, 0.4) is 0 Å². The lowest BCUT2D eigenvalue weighted by Gasteiger charge is -2.07. The topological polar surface area (TPSA) is 64.1 Å². The zero-order chi connectivity index (χ0) is 13.1. The minimum absolute atomic E-state index is 0.328. The fourth-order valence-electron chi connectivity index (χ4n) is 1.37. The summed E-state index contributed by atoms with van der Waals surface area (Å²) in [6.45, 7) is 1.76. The number of carbonyl (C=O) groups is 1. The van der Waals surface area contributed by atoms with Crippen LogP contribution >= 0.6 is 23.1 Å². The summed E-state index contributed by atoms with van der Waals surface area (Å²) >= 11 is 6.99. The van der Waals surface area contributed by atoms with Crippen LogP contribution < -0.4 is 10.1 Å². The number of aromatic nitrogens is 2. The molecule has 5 nitrogen and oxygen atoms in total. The molecule has 1 aromatic heterocycles. The van der Waals surface area contributed by atoms with E-state index in [0.29, 0.717) is 27.3 Å². The second-order valence-electron chi connectivity index (χ2n) is 3.45. The molecular weight excluding hydrogens is 274 g/mol. The van der Waals surface area contributed by atoms with Gasteiger partial charge in [0.05, 0.1) is 12.7 Å².